The van der Waals surface area contributed by atoms with Crippen molar-refractivity contribution in [2.75, 3.05) is 24.6 Å². The average Bonchev–Trinajstić information content (AvgIpc) is 2.47. The van der Waals surface area contributed by atoms with E-state index in [1.54, 1.807) is 0 Å². The summed E-state index contributed by atoms with van der Waals surface area (Å²) < 4.78 is 5.88. The summed E-state index contributed by atoms with van der Waals surface area (Å²) in [5.74, 6) is 0.812. The second-order valence-corrected chi connectivity index (χ2v) is 5.17. The maximum atomic E-state index is 5.88. The Labute approximate surface area is 119 Å². The first-order valence-electron chi connectivity index (χ1n) is 6.96. The van der Waals surface area contributed by atoms with Crippen LogP contribution in [-0.4, -0.2) is 29.7 Å². The number of aryl methyl sites for hydroxylation is 2. The molecule has 0 radical (unpaired) electrons. The molecule has 2 aromatic rings. The smallest absolute Gasteiger partial charge is 0.225 e. The maximum Gasteiger partial charge on any atom is 0.225 e. The summed E-state index contributed by atoms with van der Waals surface area (Å²) in [5.41, 5.74) is 3.23. The average molecular weight is 269 g/mol. The van der Waals surface area contributed by atoms with Crippen molar-refractivity contribution in [3.05, 3.63) is 53.3 Å². The predicted octanol–water partition coefficient (Wildman–Crippen LogP) is 2.67. The molecule has 1 unspecified atom stereocenters. The van der Waals surface area contributed by atoms with Gasteiger partial charge in [0.15, 0.2) is 0 Å². The maximum absolute atomic E-state index is 5.88. The van der Waals surface area contributed by atoms with Gasteiger partial charge in [0.05, 0.1) is 13.2 Å². The predicted molar refractivity (Wildman–Crippen MR) is 78.9 cm³/mol. The highest BCUT2D eigenvalue weighted by Gasteiger charge is 2.23. The van der Waals surface area contributed by atoms with Crippen LogP contribution in [0.15, 0.2) is 36.4 Å². The number of ether oxygens (including phenoxy) is 1. The molecule has 0 spiro atoms. The second-order valence-electron chi connectivity index (χ2n) is 5.17. The fourth-order valence-electron chi connectivity index (χ4n) is 2.55. The molecular formula is C16H19N3O. The molecule has 1 aliphatic heterocycles. The van der Waals surface area contributed by atoms with Gasteiger partial charge in [0.2, 0.25) is 5.95 Å². The molecule has 2 heterocycles. The first-order valence-corrected chi connectivity index (χ1v) is 6.96. The SMILES string of the molecule is Cc1cc(C)nc(N2CCOC(c3ccccc3)C2)n1. The van der Waals surface area contributed by atoms with Gasteiger partial charge >= 0.3 is 0 Å². The van der Waals surface area contributed by atoms with Crippen molar-refractivity contribution in [1.82, 2.24) is 9.97 Å². The van der Waals surface area contributed by atoms with Gasteiger partial charge in [-0.3, -0.25) is 0 Å². The highest BCUT2D eigenvalue weighted by molar-refractivity contribution is 5.34. The summed E-state index contributed by atoms with van der Waals surface area (Å²) in [5, 5.41) is 0. The molecule has 1 saturated heterocycles. The largest absolute Gasteiger partial charge is 0.370 e. The van der Waals surface area contributed by atoms with Crippen LogP contribution in [0.25, 0.3) is 0 Å². The Morgan fingerprint density at radius 1 is 1.10 bits per heavy atom. The van der Waals surface area contributed by atoms with Crippen molar-refractivity contribution < 1.29 is 4.74 Å². The third-order valence-electron chi connectivity index (χ3n) is 3.49. The van der Waals surface area contributed by atoms with Crippen LogP contribution in [0.5, 0.6) is 0 Å². The van der Waals surface area contributed by atoms with Gasteiger partial charge in [0, 0.05) is 17.9 Å². The lowest BCUT2D eigenvalue weighted by Crippen LogP contribution is -2.39. The fraction of sp³-hybridized carbons (Fsp3) is 0.375. The van der Waals surface area contributed by atoms with Crippen LogP contribution >= 0.6 is 0 Å². The number of morpholine rings is 1. The summed E-state index contributed by atoms with van der Waals surface area (Å²) in [6.07, 6.45) is 0.0920. The summed E-state index contributed by atoms with van der Waals surface area (Å²) in [4.78, 5) is 11.3. The first-order chi connectivity index (χ1) is 9.72. The Bertz CT molecular complexity index is 565. The third kappa shape index (κ3) is 2.80. The molecule has 1 aliphatic rings. The van der Waals surface area contributed by atoms with Crippen LogP contribution in [0.1, 0.15) is 23.1 Å². The fourth-order valence-corrected chi connectivity index (χ4v) is 2.55. The van der Waals surface area contributed by atoms with Crippen LogP contribution < -0.4 is 4.90 Å². The van der Waals surface area contributed by atoms with Gasteiger partial charge in [-0.1, -0.05) is 30.3 Å². The van der Waals surface area contributed by atoms with Gasteiger partial charge in [-0.25, -0.2) is 9.97 Å². The molecule has 0 N–H and O–H groups in total. The summed E-state index contributed by atoms with van der Waals surface area (Å²) in [7, 11) is 0. The van der Waals surface area contributed by atoms with E-state index < -0.39 is 0 Å². The van der Waals surface area contributed by atoms with Crippen molar-refractivity contribution in [3.63, 3.8) is 0 Å². The van der Waals surface area contributed by atoms with Gasteiger partial charge < -0.3 is 9.64 Å². The molecule has 1 aromatic heterocycles. The Balaban J connectivity index is 1.81. The molecule has 3 rings (SSSR count). The van der Waals surface area contributed by atoms with E-state index in [4.69, 9.17) is 4.74 Å². The lowest BCUT2D eigenvalue weighted by atomic mass is 10.1. The van der Waals surface area contributed by atoms with Crippen molar-refractivity contribution in [3.8, 4) is 0 Å². The molecule has 20 heavy (non-hydrogen) atoms. The highest BCUT2D eigenvalue weighted by atomic mass is 16.5. The van der Waals surface area contributed by atoms with Crippen LogP contribution in [0.2, 0.25) is 0 Å². The van der Waals surface area contributed by atoms with Gasteiger partial charge in [-0.05, 0) is 25.5 Å². The van der Waals surface area contributed by atoms with Gasteiger partial charge in [-0.2, -0.15) is 0 Å². The van der Waals surface area contributed by atoms with E-state index in [0.29, 0.717) is 6.61 Å². The number of benzene rings is 1. The van der Waals surface area contributed by atoms with E-state index >= 15 is 0 Å². The van der Waals surface area contributed by atoms with Crippen molar-refractivity contribution >= 4 is 5.95 Å². The molecule has 1 fully saturated rings. The molecular weight excluding hydrogens is 250 g/mol. The summed E-state index contributed by atoms with van der Waals surface area (Å²) in [6, 6.07) is 12.3. The van der Waals surface area contributed by atoms with Gasteiger partial charge in [0.1, 0.15) is 6.10 Å². The summed E-state index contributed by atoms with van der Waals surface area (Å²) in [6.45, 7) is 6.36. The van der Waals surface area contributed by atoms with E-state index in [-0.39, 0.29) is 6.10 Å². The molecule has 0 saturated carbocycles. The highest BCUT2D eigenvalue weighted by Crippen LogP contribution is 2.24. The van der Waals surface area contributed by atoms with E-state index in [9.17, 15) is 0 Å². The zero-order chi connectivity index (χ0) is 13.9. The van der Waals surface area contributed by atoms with Crippen LogP contribution in [0.4, 0.5) is 5.95 Å². The van der Waals surface area contributed by atoms with E-state index in [1.165, 1.54) is 5.56 Å². The lowest BCUT2D eigenvalue weighted by molar-refractivity contribution is 0.0392. The molecule has 1 atom stereocenters. The van der Waals surface area contributed by atoms with Gasteiger partial charge in [-0.15, -0.1) is 0 Å². The molecule has 0 bridgehead atoms. The van der Waals surface area contributed by atoms with Crippen molar-refractivity contribution in [1.29, 1.82) is 0 Å². The van der Waals surface area contributed by atoms with E-state index in [0.717, 1.165) is 30.4 Å². The van der Waals surface area contributed by atoms with Crippen molar-refractivity contribution in [2.24, 2.45) is 0 Å². The number of anilines is 1. The molecule has 4 nitrogen and oxygen atoms in total. The van der Waals surface area contributed by atoms with Gasteiger partial charge in [0.25, 0.3) is 0 Å². The van der Waals surface area contributed by atoms with Crippen LogP contribution in [0.3, 0.4) is 0 Å². The molecule has 0 aliphatic carbocycles. The van der Waals surface area contributed by atoms with E-state index in [1.807, 2.05) is 38.1 Å². The molecule has 0 amide bonds. The molecule has 1 aromatic carbocycles. The zero-order valence-electron chi connectivity index (χ0n) is 11.9. The number of aromatic nitrogens is 2. The third-order valence-corrected chi connectivity index (χ3v) is 3.49. The number of nitrogens with zero attached hydrogens (tertiary/aromatic N) is 3. The van der Waals surface area contributed by atoms with Crippen LogP contribution in [0, 0.1) is 13.8 Å². The van der Waals surface area contributed by atoms with E-state index in [2.05, 4.69) is 27.0 Å². The Hall–Kier alpha value is -1.94. The molecule has 104 valence electrons. The topological polar surface area (TPSA) is 38.2 Å². The molecule has 4 heteroatoms. The monoisotopic (exact) mass is 269 g/mol. The van der Waals surface area contributed by atoms with Crippen molar-refractivity contribution in [2.45, 2.75) is 20.0 Å². The number of rotatable bonds is 2. The minimum Gasteiger partial charge on any atom is -0.370 e. The first kappa shape index (κ1) is 13.1. The zero-order valence-corrected chi connectivity index (χ0v) is 11.9. The minimum atomic E-state index is 0.0920. The second kappa shape index (κ2) is 5.59. The normalized spacial score (nSPS) is 19.1. The minimum absolute atomic E-state index is 0.0920. The summed E-state index contributed by atoms with van der Waals surface area (Å²) >= 11 is 0. The number of hydrogen-bond acceptors (Lipinski definition) is 4. The lowest BCUT2D eigenvalue weighted by Gasteiger charge is -2.33. The number of hydrogen-bond donors (Lipinski definition) is 0. The Morgan fingerprint density at radius 2 is 1.80 bits per heavy atom. The standard InChI is InChI=1S/C16H19N3O/c1-12-10-13(2)18-16(17-12)19-8-9-20-15(11-19)14-6-4-3-5-7-14/h3-7,10,15H,8-9,11H2,1-2H3. The van der Waals surface area contributed by atoms with Crippen LogP contribution in [-0.2, 0) is 4.74 Å². The Morgan fingerprint density at radius 3 is 2.50 bits per heavy atom. The quantitative estimate of drug-likeness (QED) is 0.840. The Kier molecular flexibility index (Phi) is 3.65.